The highest BCUT2D eigenvalue weighted by atomic mass is 79.9. The molecule has 0 aromatic heterocycles. The van der Waals surface area contributed by atoms with Gasteiger partial charge in [0.2, 0.25) is 0 Å². The highest BCUT2D eigenvalue weighted by molar-refractivity contribution is 9.09. The van der Waals surface area contributed by atoms with Crippen LogP contribution in [0.2, 0.25) is 0 Å². The summed E-state index contributed by atoms with van der Waals surface area (Å²) in [6, 6.07) is 8.56. The van der Waals surface area contributed by atoms with E-state index < -0.39 is 0 Å². The van der Waals surface area contributed by atoms with Crippen LogP contribution in [0, 0.1) is 5.92 Å². The molecule has 1 atom stereocenters. The fraction of sp³-hybridized carbons (Fsp3) is 0.600. The van der Waals surface area contributed by atoms with Crippen molar-refractivity contribution in [3.05, 3.63) is 29.8 Å². The summed E-state index contributed by atoms with van der Waals surface area (Å²) in [5.41, 5.74) is 1.42. The van der Waals surface area contributed by atoms with Gasteiger partial charge in [-0.15, -0.1) is 0 Å². The average molecular weight is 297 g/mol. The first-order valence-corrected chi connectivity index (χ1v) is 7.67. The van der Waals surface area contributed by atoms with Gasteiger partial charge in [0.05, 0.1) is 7.11 Å². The molecule has 1 aliphatic rings. The van der Waals surface area contributed by atoms with E-state index in [1.165, 1.54) is 37.7 Å². The lowest BCUT2D eigenvalue weighted by molar-refractivity contribution is 0.319. The van der Waals surface area contributed by atoms with Crippen molar-refractivity contribution in [3.8, 4) is 5.75 Å². The van der Waals surface area contributed by atoms with Crippen LogP contribution < -0.4 is 4.74 Å². The summed E-state index contributed by atoms with van der Waals surface area (Å²) < 4.78 is 5.32. The number of hydrogen-bond acceptors (Lipinski definition) is 1. The molecule has 1 aromatic rings. The van der Waals surface area contributed by atoms with Crippen LogP contribution in [0.4, 0.5) is 0 Å². The van der Waals surface area contributed by atoms with Gasteiger partial charge in [-0.05, 0) is 42.4 Å². The number of rotatable bonds is 4. The van der Waals surface area contributed by atoms with Crippen molar-refractivity contribution in [2.24, 2.45) is 5.92 Å². The Labute approximate surface area is 113 Å². The minimum atomic E-state index is 0.644. The summed E-state index contributed by atoms with van der Waals surface area (Å²) in [6.07, 6.45) is 6.99. The molecular formula is C15H21BrO. The quantitative estimate of drug-likeness (QED) is 0.728. The number of benzene rings is 1. The van der Waals surface area contributed by atoms with Gasteiger partial charge >= 0.3 is 0 Å². The molecule has 0 amide bonds. The fourth-order valence-corrected chi connectivity index (χ4v) is 3.80. The summed E-state index contributed by atoms with van der Waals surface area (Å²) in [5, 5.41) is 1.06. The second-order valence-corrected chi connectivity index (χ2v) is 5.58. The summed E-state index contributed by atoms with van der Waals surface area (Å²) in [5.74, 6) is 2.46. The van der Waals surface area contributed by atoms with E-state index in [-0.39, 0.29) is 0 Å². The molecule has 0 spiro atoms. The highest BCUT2D eigenvalue weighted by Crippen LogP contribution is 2.37. The monoisotopic (exact) mass is 296 g/mol. The Morgan fingerprint density at radius 1 is 1.29 bits per heavy atom. The van der Waals surface area contributed by atoms with Gasteiger partial charge < -0.3 is 4.74 Å². The molecule has 0 aliphatic heterocycles. The van der Waals surface area contributed by atoms with E-state index in [0.717, 1.165) is 17.0 Å². The highest BCUT2D eigenvalue weighted by Gasteiger charge is 2.24. The normalized spacial score (nSPS) is 18.9. The van der Waals surface area contributed by atoms with E-state index in [4.69, 9.17) is 4.74 Å². The maximum Gasteiger partial charge on any atom is 0.119 e. The van der Waals surface area contributed by atoms with Gasteiger partial charge in [0, 0.05) is 5.33 Å². The summed E-state index contributed by atoms with van der Waals surface area (Å²) in [4.78, 5) is 0. The third-order valence-corrected chi connectivity index (χ3v) is 4.60. The third-order valence-electron chi connectivity index (χ3n) is 3.91. The minimum Gasteiger partial charge on any atom is -0.497 e. The molecule has 2 rings (SSSR count). The molecule has 0 heterocycles. The van der Waals surface area contributed by atoms with Crippen molar-refractivity contribution in [1.82, 2.24) is 0 Å². The molecule has 1 fully saturated rings. The molecular weight excluding hydrogens is 276 g/mol. The van der Waals surface area contributed by atoms with E-state index in [0.29, 0.717) is 5.92 Å². The fourth-order valence-electron chi connectivity index (χ4n) is 2.90. The molecule has 0 bridgehead atoms. The Kier molecular flexibility index (Phi) is 4.90. The first kappa shape index (κ1) is 12.9. The van der Waals surface area contributed by atoms with E-state index in [1.54, 1.807) is 7.11 Å². The number of alkyl halides is 1. The standard InChI is InChI=1S/C15H21BrO/c1-17-14-9-5-8-13(10-14)15(11-16)12-6-3-2-4-7-12/h5,8-10,12,15H,2-4,6-7,11H2,1H3. The molecule has 1 saturated carbocycles. The average Bonchev–Trinajstić information content (AvgIpc) is 2.41. The molecule has 0 saturated heterocycles. The summed E-state index contributed by atoms with van der Waals surface area (Å²) in [7, 11) is 1.74. The second-order valence-electron chi connectivity index (χ2n) is 4.94. The third kappa shape index (κ3) is 3.25. The Morgan fingerprint density at radius 2 is 2.06 bits per heavy atom. The molecule has 17 heavy (non-hydrogen) atoms. The molecule has 1 aliphatic carbocycles. The SMILES string of the molecule is COc1cccc(C(CBr)C2CCCCC2)c1. The van der Waals surface area contributed by atoms with Gasteiger partial charge in [0.25, 0.3) is 0 Å². The van der Waals surface area contributed by atoms with Crippen LogP contribution in [0.3, 0.4) is 0 Å². The summed E-state index contributed by atoms with van der Waals surface area (Å²) >= 11 is 3.69. The van der Waals surface area contributed by atoms with E-state index >= 15 is 0 Å². The zero-order valence-electron chi connectivity index (χ0n) is 10.5. The van der Waals surface area contributed by atoms with Crippen molar-refractivity contribution in [3.63, 3.8) is 0 Å². The summed E-state index contributed by atoms with van der Waals surface area (Å²) in [6.45, 7) is 0. The van der Waals surface area contributed by atoms with Crippen LogP contribution in [0.25, 0.3) is 0 Å². The smallest absolute Gasteiger partial charge is 0.119 e. The van der Waals surface area contributed by atoms with Crippen molar-refractivity contribution in [2.75, 3.05) is 12.4 Å². The second kappa shape index (κ2) is 6.44. The maximum absolute atomic E-state index is 5.32. The van der Waals surface area contributed by atoms with E-state index in [1.807, 2.05) is 6.07 Å². The zero-order chi connectivity index (χ0) is 12.1. The Hall–Kier alpha value is -0.500. The Morgan fingerprint density at radius 3 is 2.71 bits per heavy atom. The lowest BCUT2D eigenvalue weighted by atomic mass is 9.78. The number of hydrogen-bond donors (Lipinski definition) is 0. The van der Waals surface area contributed by atoms with Gasteiger partial charge in [0.1, 0.15) is 5.75 Å². The van der Waals surface area contributed by atoms with Gasteiger partial charge in [-0.1, -0.05) is 47.3 Å². The largest absolute Gasteiger partial charge is 0.497 e. The van der Waals surface area contributed by atoms with Crippen molar-refractivity contribution in [2.45, 2.75) is 38.0 Å². The Balaban J connectivity index is 2.15. The predicted molar refractivity (Wildman–Crippen MR) is 76.1 cm³/mol. The van der Waals surface area contributed by atoms with Crippen LogP contribution in [0.5, 0.6) is 5.75 Å². The van der Waals surface area contributed by atoms with Crippen molar-refractivity contribution in [1.29, 1.82) is 0 Å². The first-order chi connectivity index (χ1) is 8.35. The van der Waals surface area contributed by atoms with Gasteiger partial charge in [-0.2, -0.15) is 0 Å². The Bertz CT molecular complexity index is 345. The molecule has 1 nitrogen and oxygen atoms in total. The first-order valence-electron chi connectivity index (χ1n) is 6.55. The maximum atomic E-state index is 5.32. The molecule has 1 aromatic carbocycles. The predicted octanol–water partition coefficient (Wildman–Crippen LogP) is 4.75. The molecule has 0 N–H and O–H groups in total. The number of ether oxygens (including phenoxy) is 1. The lowest BCUT2D eigenvalue weighted by Gasteiger charge is -2.29. The van der Waals surface area contributed by atoms with E-state index in [2.05, 4.69) is 34.1 Å². The van der Waals surface area contributed by atoms with Crippen LogP contribution in [-0.4, -0.2) is 12.4 Å². The molecule has 0 radical (unpaired) electrons. The van der Waals surface area contributed by atoms with Crippen molar-refractivity contribution < 1.29 is 4.74 Å². The molecule has 1 unspecified atom stereocenters. The van der Waals surface area contributed by atoms with Crippen LogP contribution >= 0.6 is 15.9 Å². The zero-order valence-corrected chi connectivity index (χ0v) is 12.1. The van der Waals surface area contributed by atoms with Gasteiger partial charge in [-0.25, -0.2) is 0 Å². The van der Waals surface area contributed by atoms with Gasteiger partial charge in [0.15, 0.2) is 0 Å². The van der Waals surface area contributed by atoms with Crippen molar-refractivity contribution >= 4 is 15.9 Å². The number of methoxy groups -OCH3 is 1. The lowest BCUT2D eigenvalue weighted by Crippen LogP contribution is -2.17. The van der Waals surface area contributed by atoms with Crippen LogP contribution in [0.15, 0.2) is 24.3 Å². The van der Waals surface area contributed by atoms with E-state index in [9.17, 15) is 0 Å². The van der Waals surface area contributed by atoms with Crippen LogP contribution in [0.1, 0.15) is 43.6 Å². The van der Waals surface area contributed by atoms with Gasteiger partial charge in [-0.3, -0.25) is 0 Å². The molecule has 2 heteroatoms. The minimum absolute atomic E-state index is 0.644. The topological polar surface area (TPSA) is 9.23 Å². The number of halogens is 1. The molecule has 94 valence electrons. The van der Waals surface area contributed by atoms with Crippen LogP contribution in [-0.2, 0) is 0 Å².